The van der Waals surface area contributed by atoms with E-state index in [4.69, 9.17) is 5.73 Å². The lowest BCUT2D eigenvalue weighted by atomic mass is 10.1. The molecule has 0 saturated heterocycles. The highest BCUT2D eigenvalue weighted by Gasteiger charge is 2.30. The molecule has 0 radical (unpaired) electrons. The maximum Gasteiger partial charge on any atom is 0.274 e. The molecule has 7 nitrogen and oxygen atoms in total. The van der Waals surface area contributed by atoms with Gasteiger partial charge in [0, 0.05) is 11.1 Å². The number of anilines is 1. The normalized spacial score (nSPS) is 12.8. The third-order valence-electron chi connectivity index (χ3n) is 2.93. The number of hydrogen-bond acceptors (Lipinski definition) is 6. The number of carbonyl (C=O) groups is 1. The van der Waals surface area contributed by atoms with Gasteiger partial charge in [-0.05, 0) is 0 Å². The van der Waals surface area contributed by atoms with Gasteiger partial charge >= 0.3 is 0 Å². The van der Waals surface area contributed by atoms with Gasteiger partial charge in [-0.1, -0.05) is 24.3 Å². The molecule has 0 atom stereocenters. The van der Waals surface area contributed by atoms with Crippen LogP contribution in [0.4, 0.5) is 5.95 Å². The van der Waals surface area contributed by atoms with Crippen LogP contribution in [0.5, 0.6) is 0 Å². The minimum atomic E-state index is -0.150. The van der Waals surface area contributed by atoms with Crippen molar-refractivity contribution in [2.24, 2.45) is 0 Å². The summed E-state index contributed by atoms with van der Waals surface area (Å²) in [7, 11) is 0. The van der Waals surface area contributed by atoms with Crippen molar-refractivity contribution in [2.75, 3.05) is 5.73 Å². The molecule has 18 heavy (non-hydrogen) atoms. The third kappa shape index (κ3) is 0.956. The number of carbonyl (C=O) groups excluding carboxylic acids is 1. The van der Waals surface area contributed by atoms with Crippen LogP contribution in [0.15, 0.2) is 24.3 Å². The lowest BCUT2D eigenvalue weighted by molar-refractivity contribution is 0.103. The van der Waals surface area contributed by atoms with E-state index in [0.717, 1.165) is 5.56 Å². The van der Waals surface area contributed by atoms with Crippen LogP contribution < -0.4 is 5.73 Å². The highest BCUT2D eigenvalue weighted by Crippen LogP contribution is 2.33. The molecule has 0 spiro atoms. The second-order valence-corrected chi connectivity index (χ2v) is 3.95. The van der Waals surface area contributed by atoms with Crippen molar-refractivity contribution in [1.82, 2.24) is 24.8 Å². The Labute approximate surface area is 100 Å². The lowest BCUT2D eigenvalue weighted by Crippen LogP contribution is -2.07. The molecule has 0 aliphatic heterocycles. The standard InChI is InChI=1S/C11H6N6O/c12-10-14-15-11-13-7-5-3-1-2-4-6(5)9(18)8(7)16-17(10)11/h1-4H,(H2,12,14). The summed E-state index contributed by atoms with van der Waals surface area (Å²) >= 11 is 0. The van der Waals surface area contributed by atoms with Gasteiger partial charge in [0.15, 0.2) is 5.69 Å². The quantitative estimate of drug-likeness (QED) is 0.473. The monoisotopic (exact) mass is 238 g/mol. The van der Waals surface area contributed by atoms with Crippen molar-refractivity contribution < 1.29 is 4.79 Å². The van der Waals surface area contributed by atoms with E-state index in [1.165, 1.54) is 4.52 Å². The molecule has 0 bridgehead atoms. The average molecular weight is 238 g/mol. The van der Waals surface area contributed by atoms with Crippen LogP contribution in [0.25, 0.3) is 17.0 Å². The number of nitrogens with two attached hydrogens (primary N) is 1. The van der Waals surface area contributed by atoms with Crippen LogP contribution in [0.2, 0.25) is 0 Å². The van der Waals surface area contributed by atoms with Crippen molar-refractivity contribution >= 4 is 17.5 Å². The van der Waals surface area contributed by atoms with Crippen LogP contribution in [-0.2, 0) is 0 Å². The Morgan fingerprint density at radius 2 is 1.83 bits per heavy atom. The minimum absolute atomic E-state index is 0.115. The average Bonchev–Trinajstić information content (AvgIpc) is 2.90. The smallest absolute Gasteiger partial charge is 0.274 e. The fourth-order valence-electron chi connectivity index (χ4n) is 2.11. The maximum atomic E-state index is 12.2. The predicted octanol–water partition coefficient (Wildman–Crippen LogP) is 0.313. The van der Waals surface area contributed by atoms with E-state index < -0.39 is 0 Å². The first-order valence-corrected chi connectivity index (χ1v) is 5.29. The molecule has 1 aromatic carbocycles. The number of aromatic nitrogens is 5. The van der Waals surface area contributed by atoms with E-state index in [1.807, 2.05) is 18.2 Å². The van der Waals surface area contributed by atoms with Gasteiger partial charge in [0.25, 0.3) is 5.78 Å². The molecule has 2 aromatic heterocycles. The van der Waals surface area contributed by atoms with Crippen molar-refractivity contribution in [1.29, 1.82) is 0 Å². The molecule has 4 rings (SSSR count). The largest absolute Gasteiger partial charge is 0.366 e. The van der Waals surface area contributed by atoms with Gasteiger partial charge in [-0.3, -0.25) is 4.79 Å². The summed E-state index contributed by atoms with van der Waals surface area (Å²) in [4.78, 5) is 16.5. The first kappa shape index (κ1) is 9.23. The van der Waals surface area contributed by atoms with E-state index in [2.05, 4.69) is 20.3 Å². The molecular formula is C11H6N6O. The molecule has 0 fully saturated rings. The highest BCUT2D eigenvalue weighted by molar-refractivity contribution is 6.19. The third-order valence-corrected chi connectivity index (χ3v) is 2.93. The first-order valence-electron chi connectivity index (χ1n) is 5.29. The Bertz CT molecular complexity index is 822. The van der Waals surface area contributed by atoms with Gasteiger partial charge in [-0.25, -0.2) is 4.98 Å². The molecule has 1 aliphatic carbocycles. The zero-order valence-electron chi connectivity index (χ0n) is 9.03. The summed E-state index contributed by atoms with van der Waals surface area (Å²) in [5, 5.41) is 11.6. The molecule has 86 valence electrons. The molecule has 7 heteroatoms. The topological polar surface area (TPSA) is 99.1 Å². The van der Waals surface area contributed by atoms with Crippen LogP contribution in [0.3, 0.4) is 0 Å². The molecule has 0 saturated carbocycles. The van der Waals surface area contributed by atoms with E-state index in [9.17, 15) is 4.79 Å². The highest BCUT2D eigenvalue weighted by atomic mass is 16.1. The Hall–Kier alpha value is -2.83. The number of nitrogens with zero attached hydrogens (tertiary/aromatic N) is 5. The summed E-state index contributed by atoms with van der Waals surface area (Å²) in [6, 6.07) is 7.25. The number of ketones is 1. The number of rotatable bonds is 0. The van der Waals surface area contributed by atoms with Crippen LogP contribution in [0, 0.1) is 0 Å². The predicted molar refractivity (Wildman–Crippen MR) is 61.9 cm³/mol. The van der Waals surface area contributed by atoms with Gasteiger partial charge in [-0.2, -0.15) is 9.61 Å². The Morgan fingerprint density at radius 1 is 1.06 bits per heavy atom. The number of hydrogen-bond donors (Lipinski definition) is 1. The van der Waals surface area contributed by atoms with Crippen molar-refractivity contribution in [3.8, 4) is 11.3 Å². The lowest BCUT2D eigenvalue weighted by Gasteiger charge is -1.98. The van der Waals surface area contributed by atoms with E-state index in [-0.39, 0.29) is 23.2 Å². The fraction of sp³-hybridized carbons (Fsp3) is 0. The van der Waals surface area contributed by atoms with E-state index in [1.54, 1.807) is 6.07 Å². The van der Waals surface area contributed by atoms with E-state index in [0.29, 0.717) is 11.3 Å². The molecule has 2 N–H and O–H groups in total. The molecule has 0 amide bonds. The van der Waals surface area contributed by atoms with Gasteiger partial charge < -0.3 is 5.73 Å². The summed E-state index contributed by atoms with van der Waals surface area (Å²) < 4.78 is 1.27. The minimum Gasteiger partial charge on any atom is -0.366 e. The first-order chi connectivity index (χ1) is 8.75. The number of fused-ring (bicyclic) bond motifs is 4. The fourth-order valence-corrected chi connectivity index (χ4v) is 2.11. The van der Waals surface area contributed by atoms with Crippen molar-refractivity contribution in [3.63, 3.8) is 0 Å². The zero-order valence-corrected chi connectivity index (χ0v) is 9.03. The molecule has 2 heterocycles. The molecule has 3 aromatic rings. The molecule has 0 unspecified atom stereocenters. The van der Waals surface area contributed by atoms with Gasteiger partial charge in [0.05, 0.1) is 0 Å². The summed E-state index contributed by atoms with van der Waals surface area (Å²) in [5.74, 6) is 0.253. The van der Waals surface area contributed by atoms with Crippen LogP contribution in [-0.4, -0.2) is 30.6 Å². The number of benzene rings is 1. The van der Waals surface area contributed by atoms with Gasteiger partial charge in [0.1, 0.15) is 5.69 Å². The number of nitrogen functional groups attached to an aromatic ring is 1. The SMILES string of the molecule is Nc1nnc2nc3c(nn12)C(=O)c1ccccc1-3. The second kappa shape index (κ2) is 2.89. The zero-order chi connectivity index (χ0) is 12.3. The van der Waals surface area contributed by atoms with Crippen LogP contribution in [0.1, 0.15) is 16.1 Å². The Balaban J connectivity index is 2.14. The maximum absolute atomic E-state index is 12.2. The van der Waals surface area contributed by atoms with Crippen LogP contribution >= 0.6 is 0 Å². The summed E-state index contributed by atoms with van der Waals surface area (Å²) in [6.07, 6.45) is 0. The summed E-state index contributed by atoms with van der Waals surface area (Å²) in [5.41, 5.74) is 7.80. The Kier molecular flexibility index (Phi) is 1.48. The van der Waals surface area contributed by atoms with Crippen molar-refractivity contribution in [3.05, 3.63) is 35.5 Å². The van der Waals surface area contributed by atoms with Crippen molar-refractivity contribution in [2.45, 2.75) is 0 Å². The second-order valence-electron chi connectivity index (χ2n) is 3.95. The molecule has 1 aliphatic rings. The Morgan fingerprint density at radius 3 is 2.67 bits per heavy atom. The van der Waals surface area contributed by atoms with E-state index >= 15 is 0 Å². The van der Waals surface area contributed by atoms with Gasteiger partial charge in [0.2, 0.25) is 11.7 Å². The van der Waals surface area contributed by atoms with Gasteiger partial charge in [-0.15, -0.1) is 10.2 Å². The summed E-state index contributed by atoms with van der Waals surface area (Å²) in [6.45, 7) is 0. The molecular weight excluding hydrogens is 232 g/mol.